The van der Waals surface area contributed by atoms with Crippen molar-refractivity contribution in [3.63, 3.8) is 0 Å². The number of halogens is 3. The minimum Gasteiger partial charge on any atom is -0.378 e. The van der Waals surface area contributed by atoms with E-state index in [1.807, 2.05) is 0 Å². The first-order valence-corrected chi connectivity index (χ1v) is 8.19. The first-order valence-electron chi connectivity index (χ1n) is 8.19. The summed E-state index contributed by atoms with van der Waals surface area (Å²) in [6.45, 7) is 2.20. The number of carbonyl (C=O) groups excluding carboxylic acids is 1. The Bertz CT molecular complexity index is 859. The summed E-state index contributed by atoms with van der Waals surface area (Å²) in [5.41, 5.74) is -0.818. The normalized spacial score (nSPS) is 14.9. The highest BCUT2D eigenvalue weighted by molar-refractivity contribution is 5.89. The molecule has 0 saturated carbocycles. The lowest BCUT2D eigenvalue weighted by Gasteiger charge is -2.28. The number of morpholine rings is 1. The molecule has 0 aliphatic carbocycles. The van der Waals surface area contributed by atoms with Gasteiger partial charge in [0.2, 0.25) is 5.91 Å². The van der Waals surface area contributed by atoms with E-state index >= 15 is 0 Å². The molecule has 0 spiro atoms. The molecule has 2 aromatic rings. The highest BCUT2D eigenvalue weighted by Gasteiger charge is 2.31. The van der Waals surface area contributed by atoms with E-state index in [1.165, 1.54) is 0 Å². The second-order valence-corrected chi connectivity index (χ2v) is 5.93. The zero-order valence-electron chi connectivity index (χ0n) is 14.2. The van der Waals surface area contributed by atoms with Gasteiger partial charge in [-0.05, 0) is 18.2 Å². The van der Waals surface area contributed by atoms with Gasteiger partial charge in [0.05, 0.1) is 30.7 Å². The molecular formula is C17H17F3N4O3. The summed E-state index contributed by atoms with van der Waals surface area (Å²) < 4.78 is 44.2. The van der Waals surface area contributed by atoms with Crippen LogP contribution in [0, 0.1) is 0 Å². The van der Waals surface area contributed by atoms with Gasteiger partial charge in [0.15, 0.2) is 0 Å². The second kappa shape index (κ2) is 7.78. The number of ether oxygens (including phenoxy) is 1. The van der Waals surface area contributed by atoms with Gasteiger partial charge >= 0.3 is 6.18 Å². The van der Waals surface area contributed by atoms with Gasteiger partial charge in [-0.2, -0.15) is 13.2 Å². The molecule has 10 heteroatoms. The fourth-order valence-corrected chi connectivity index (χ4v) is 2.63. The van der Waals surface area contributed by atoms with Crippen LogP contribution in [0.25, 0.3) is 0 Å². The standard InChI is InChI=1S/C17H17F3N4O3/c18-17(19,20)12-1-4-16(26)24(10-12)11-15(25)22-14-3-2-13(9-21-14)23-5-7-27-8-6-23/h1-4,9-10H,5-8,11H2,(H,21,22,25). The Morgan fingerprint density at radius 3 is 2.56 bits per heavy atom. The Balaban J connectivity index is 1.65. The van der Waals surface area contributed by atoms with Crippen molar-refractivity contribution in [3.05, 3.63) is 52.6 Å². The molecule has 1 N–H and O–H groups in total. The predicted molar refractivity (Wildman–Crippen MR) is 91.6 cm³/mol. The van der Waals surface area contributed by atoms with E-state index < -0.39 is 29.8 Å². The SMILES string of the molecule is O=C(Cn1cc(C(F)(F)F)ccc1=O)Nc1ccc(N2CCOCC2)cn1. The fourth-order valence-electron chi connectivity index (χ4n) is 2.63. The number of rotatable bonds is 4. The molecular weight excluding hydrogens is 365 g/mol. The molecule has 7 nitrogen and oxygen atoms in total. The second-order valence-electron chi connectivity index (χ2n) is 5.93. The van der Waals surface area contributed by atoms with Gasteiger partial charge in [-0.15, -0.1) is 0 Å². The van der Waals surface area contributed by atoms with Crippen molar-refractivity contribution >= 4 is 17.4 Å². The molecule has 0 bridgehead atoms. The average molecular weight is 382 g/mol. The number of hydrogen-bond donors (Lipinski definition) is 1. The predicted octanol–water partition coefficient (Wildman–Crippen LogP) is 1.74. The quantitative estimate of drug-likeness (QED) is 0.872. The molecule has 1 aliphatic heterocycles. The minimum absolute atomic E-state index is 0.247. The maximum Gasteiger partial charge on any atom is 0.417 e. The summed E-state index contributed by atoms with van der Waals surface area (Å²) in [7, 11) is 0. The van der Waals surface area contributed by atoms with Crippen LogP contribution in [0.3, 0.4) is 0 Å². The van der Waals surface area contributed by atoms with Crippen molar-refractivity contribution in [1.29, 1.82) is 0 Å². The van der Waals surface area contributed by atoms with Crippen LogP contribution >= 0.6 is 0 Å². The third kappa shape index (κ3) is 4.85. The Kier molecular flexibility index (Phi) is 5.45. The summed E-state index contributed by atoms with van der Waals surface area (Å²) in [4.78, 5) is 30.0. The lowest BCUT2D eigenvalue weighted by molar-refractivity contribution is -0.138. The summed E-state index contributed by atoms with van der Waals surface area (Å²) >= 11 is 0. The summed E-state index contributed by atoms with van der Waals surface area (Å²) in [6.07, 6.45) is -2.38. The van der Waals surface area contributed by atoms with Crippen molar-refractivity contribution < 1.29 is 22.7 Å². The van der Waals surface area contributed by atoms with Gasteiger partial charge in [0, 0.05) is 25.4 Å². The summed E-state index contributed by atoms with van der Waals surface area (Å²) in [6, 6.07) is 4.84. The van der Waals surface area contributed by atoms with E-state index in [1.54, 1.807) is 18.3 Å². The smallest absolute Gasteiger partial charge is 0.378 e. The van der Waals surface area contributed by atoms with Gasteiger partial charge in [0.25, 0.3) is 5.56 Å². The Morgan fingerprint density at radius 1 is 1.19 bits per heavy atom. The van der Waals surface area contributed by atoms with E-state index in [2.05, 4.69) is 15.2 Å². The van der Waals surface area contributed by atoms with Crippen LogP contribution in [0.5, 0.6) is 0 Å². The highest BCUT2D eigenvalue weighted by atomic mass is 19.4. The van der Waals surface area contributed by atoms with Gasteiger partial charge < -0.3 is 19.5 Å². The monoisotopic (exact) mass is 382 g/mol. The molecule has 3 rings (SSSR count). The number of nitrogens with zero attached hydrogens (tertiary/aromatic N) is 3. The van der Waals surface area contributed by atoms with Crippen LogP contribution in [-0.2, 0) is 22.3 Å². The number of alkyl halides is 3. The Hall–Kier alpha value is -2.88. The van der Waals surface area contributed by atoms with Gasteiger partial charge in [-0.1, -0.05) is 0 Å². The lowest BCUT2D eigenvalue weighted by Crippen LogP contribution is -2.36. The molecule has 2 aromatic heterocycles. The maximum absolute atomic E-state index is 12.7. The Morgan fingerprint density at radius 2 is 1.93 bits per heavy atom. The third-order valence-electron chi connectivity index (χ3n) is 4.02. The van der Waals surface area contributed by atoms with Crippen molar-refractivity contribution in [2.45, 2.75) is 12.7 Å². The topological polar surface area (TPSA) is 76.5 Å². The number of hydrogen-bond acceptors (Lipinski definition) is 5. The van der Waals surface area contributed by atoms with E-state index in [-0.39, 0.29) is 5.82 Å². The molecule has 1 saturated heterocycles. The number of carbonyl (C=O) groups is 1. The van der Waals surface area contributed by atoms with Gasteiger partial charge in [0.1, 0.15) is 12.4 Å². The number of nitrogens with one attached hydrogen (secondary N) is 1. The van der Waals surface area contributed by atoms with E-state index in [4.69, 9.17) is 4.74 Å². The molecule has 0 atom stereocenters. The van der Waals surface area contributed by atoms with Crippen molar-refractivity contribution in [3.8, 4) is 0 Å². The molecule has 3 heterocycles. The van der Waals surface area contributed by atoms with Crippen LogP contribution in [0.15, 0.2) is 41.5 Å². The molecule has 1 amide bonds. The zero-order chi connectivity index (χ0) is 19.4. The third-order valence-corrected chi connectivity index (χ3v) is 4.02. The van der Waals surface area contributed by atoms with E-state index in [0.717, 1.165) is 24.8 Å². The number of aromatic nitrogens is 2. The van der Waals surface area contributed by atoms with Crippen molar-refractivity contribution in [2.75, 3.05) is 36.5 Å². The van der Waals surface area contributed by atoms with Crippen molar-refractivity contribution in [2.24, 2.45) is 0 Å². The van der Waals surface area contributed by atoms with Crippen molar-refractivity contribution in [1.82, 2.24) is 9.55 Å². The zero-order valence-corrected chi connectivity index (χ0v) is 14.2. The number of anilines is 2. The average Bonchev–Trinajstić information content (AvgIpc) is 2.64. The largest absolute Gasteiger partial charge is 0.417 e. The van der Waals surface area contributed by atoms with Gasteiger partial charge in [-0.25, -0.2) is 4.98 Å². The number of pyridine rings is 2. The first kappa shape index (κ1) is 18.9. The van der Waals surface area contributed by atoms with Crippen LogP contribution in [0.2, 0.25) is 0 Å². The maximum atomic E-state index is 12.7. The lowest BCUT2D eigenvalue weighted by atomic mass is 10.2. The van der Waals surface area contributed by atoms with Crippen LogP contribution in [-0.4, -0.2) is 41.8 Å². The Labute approximate surface area is 152 Å². The molecule has 1 aliphatic rings. The summed E-state index contributed by atoms with van der Waals surface area (Å²) in [5, 5.41) is 2.47. The molecule has 27 heavy (non-hydrogen) atoms. The molecule has 0 aromatic carbocycles. The van der Waals surface area contributed by atoms with E-state index in [0.29, 0.717) is 30.0 Å². The molecule has 144 valence electrons. The molecule has 0 radical (unpaired) electrons. The van der Waals surface area contributed by atoms with E-state index in [9.17, 15) is 22.8 Å². The first-order chi connectivity index (χ1) is 12.8. The molecule has 1 fully saturated rings. The van der Waals surface area contributed by atoms with Crippen LogP contribution < -0.4 is 15.8 Å². The summed E-state index contributed by atoms with van der Waals surface area (Å²) in [5.74, 6) is -0.403. The minimum atomic E-state index is -4.59. The van der Waals surface area contributed by atoms with Crippen LogP contribution in [0.1, 0.15) is 5.56 Å². The molecule has 0 unspecified atom stereocenters. The van der Waals surface area contributed by atoms with Gasteiger partial charge in [-0.3, -0.25) is 9.59 Å². The highest BCUT2D eigenvalue weighted by Crippen LogP contribution is 2.28. The fraction of sp³-hybridized carbons (Fsp3) is 0.353. The number of amides is 1. The van der Waals surface area contributed by atoms with Crippen LogP contribution in [0.4, 0.5) is 24.7 Å².